The number of hydrogen-bond acceptors (Lipinski definition) is 3. The third-order valence-corrected chi connectivity index (χ3v) is 3.80. The second-order valence-corrected chi connectivity index (χ2v) is 5.86. The van der Waals surface area contributed by atoms with E-state index in [4.69, 9.17) is 17.3 Å². The number of anilines is 1. The van der Waals surface area contributed by atoms with Gasteiger partial charge in [0.2, 0.25) is 10.0 Å². The molecule has 0 radical (unpaired) electrons. The minimum atomic E-state index is -3.58. The van der Waals surface area contributed by atoms with Gasteiger partial charge in [0.25, 0.3) is 0 Å². The molecule has 0 aromatic heterocycles. The Kier molecular flexibility index (Phi) is 4.56. The summed E-state index contributed by atoms with van der Waals surface area (Å²) in [6, 6.07) is 4.67. The van der Waals surface area contributed by atoms with Crippen LogP contribution in [-0.4, -0.2) is 15.0 Å². The van der Waals surface area contributed by atoms with Crippen molar-refractivity contribution in [3.63, 3.8) is 0 Å². The van der Waals surface area contributed by atoms with Crippen molar-refractivity contribution < 1.29 is 8.42 Å². The molecule has 0 aliphatic heterocycles. The fraction of sp³-hybridized carbons (Fsp3) is 0.273. The Hall–Kier alpha value is -1.04. The third-order valence-electron chi connectivity index (χ3n) is 2.26. The van der Waals surface area contributed by atoms with Gasteiger partial charge >= 0.3 is 0 Å². The van der Waals surface area contributed by atoms with E-state index in [1.54, 1.807) is 6.07 Å². The highest BCUT2D eigenvalue weighted by Crippen LogP contribution is 2.18. The summed E-state index contributed by atoms with van der Waals surface area (Å²) < 4.78 is 26.0. The summed E-state index contributed by atoms with van der Waals surface area (Å²) >= 11 is 5.50. The van der Waals surface area contributed by atoms with Crippen molar-refractivity contribution >= 4 is 27.3 Å². The predicted octanol–water partition coefficient (Wildman–Crippen LogP) is 1.86. The summed E-state index contributed by atoms with van der Waals surface area (Å²) in [4.78, 5) is 0.130. The second-order valence-electron chi connectivity index (χ2n) is 3.56. The number of rotatable bonds is 5. The lowest BCUT2D eigenvalue weighted by Gasteiger charge is -2.08. The molecule has 4 nitrogen and oxygen atoms in total. The van der Waals surface area contributed by atoms with Crippen molar-refractivity contribution in [1.82, 2.24) is 4.72 Å². The summed E-state index contributed by atoms with van der Waals surface area (Å²) in [5, 5.41) is 0.228. The first kappa shape index (κ1) is 14.0. The van der Waals surface area contributed by atoms with Crippen molar-refractivity contribution in [2.45, 2.75) is 18.2 Å². The second kappa shape index (κ2) is 5.53. The van der Waals surface area contributed by atoms with Gasteiger partial charge in [0, 0.05) is 17.3 Å². The van der Waals surface area contributed by atoms with E-state index in [1.807, 2.05) is 6.92 Å². The Labute approximate surface area is 107 Å². The van der Waals surface area contributed by atoms with Gasteiger partial charge in [-0.05, 0) is 24.1 Å². The van der Waals surface area contributed by atoms with Crippen LogP contribution in [0.15, 0.2) is 34.7 Å². The number of benzene rings is 1. The average molecular weight is 275 g/mol. The van der Waals surface area contributed by atoms with Gasteiger partial charge in [-0.25, -0.2) is 13.1 Å². The number of sulfonamides is 1. The number of nitrogens with one attached hydrogen (secondary N) is 1. The van der Waals surface area contributed by atoms with Crippen molar-refractivity contribution in [2.75, 3.05) is 12.3 Å². The minimum absolute atomic E-state index is 0.000672. The molecule has 0 aliphatic carbocycles. The quantitative estimate of drug-likeness (QED) is 0.805. The smallest absolute Gasteiger partial charge is 0.240 e. The molecule has 17 heavy (non-hydrogen) atoms. The Balaban J connectivity index is 2.99. The van der Waals surface area contributed by atoms with Gasteiger partial charge in [-0.2, -0.15) is 0 Å². The van der Waals surface area contributed by atoms with Gasteiger partial charge in [0.1, 0.15) is 0 Å². The molecule has 1 rings (SSSR count). The molecule has 0 saturated carbocycles. The Morgan fingerprint density at radius 2 is 2.18 bits per heavy atom. The lowest BCUT2D eigenvalue weighted by atomic mass is 10.1. The van der Waals surface area contributed by atoms with Crippen LogP contribution in [0.1, 0.15) is 12.5 Å². The van der Waals surface area contributed by atoms with E-state index in [2.05, 4.69) is 11.3 Å². The Morgan fingerprint density at radius 3 is 2.65 bits per heavy atom. The van der Waals surface area contributed by atoms with Crippen LogP contribution in [0.3, 0.4) is 0 Å². The first-order valence-corrected chi connectivity index (χ1v) is 6.94. The maximum absolute atomic E-state index is 11.8. The minimum Gasteiger partial charge on any atom is -0.398 e. The van der Waals surface area contributed by atoms with Crippen LogP contribution in [0.5, 0.6) is 0 Å². The zero-order chi connectivity index (χ0) is 13.1. The largest absolute Gasteiger partial charge is 0.398 e. The molecule has 0 heterocycles. The predicted molar refractivity (Wildman–Crippen MR) is 70.4 cm³/mol. The fourth-order valence-corrected chi connectivity index (χ4v) is 2.53. The normalized spacial score (nSPS) is 11.4. The number of hydrogen-bond donors (Lipinski definition) is 2. The van der Waals surface area contributed by atoms with Crippen LogP contribution in [0.25, 0.3) is 0 Å². The standard InChI is InChI=1S/C11H15ClN2O2S/c1-3-9-4-5-10(6-11(9)13)17(15,16)14-7-8(2)12/h4-6,14H,2-3,7,13H2,1H3. The van der Waals surface area contributed by atoms with Crippen molar-refractivity contribution in [3.05, 3.63) is 35.4 Å². The number of nitrogens with two attached hydrogens (primary N) is 1. The van der Waals surface area contributed by atoms with E-state index in [-0.39, 0.29) is 16.5 Å². The number of halogens is 1. The van der Waals surface area contributed by atoms with Crippen molar-refractivity contribution in [2.24, 2.45) is 0 Å². The molecule has 0 saturated heterocycles. The molecule has 0 spiro atoms. The molecule has 0 bridgehead atoms. The van der Waals surface area contributed by atoms with Crippen LogP contribution in [0, 0.1) is 0 Å². The molecule has 94 valence electrons. The summed E-state index contributed by atoms with van der Waals surface area (Å²) in [6.45, 7) is 5.36. The van der Waals surface area contributed by atoms with Gasteiger partial charge in [0.15, 0.2) is 0 Å². The molecule has 3 N–H and O–H groups in total. The number of aryl methyl sites for hydroxylation is 1. The van der Waals surface area contributed by atoms with Crippen LogP contribution >= 0.6 is 11.6 Å². The van der Waals surface area contributed by atoms with E-state index in [9.17, 15) is 8.42 Å². The van der Waals surface area contributed by atoms with Crippen LogP contribution in [-0.2, 0) is 16.4 Å². The van der Waals surface area contributed by atoms with E-state index >= 15 is 0 Å². The topological polar surface area (TPSA) is 72.2 Å². The summed E-state index contributed by atoms with van der Waals surface area (Å²) in [7, 11) is -3.58. The summed E-state index contributed by atoms with van der Waals surface area (Å²) in [6.07, 6.45) is 0.762. The summed E-state index contributed by atoms with van der Waals surface area (Å²) in [5.41, 5.74) is 7.14. The first-order chi connectivity index (χ1) is 7.86. The van der Waals surface area contributed by atoms with Crippen LogP contribution < -0.4 is 10.5 Å². The SMILES string of the molecule is C=C(Cl)CNS(=O)(=O)c1ccc(CC)c(N)c1. The van der Waals surface area contributed by atoms with E-state index in [0.717, 1.165) is 12.0 Å². The van der Waals surface area contributed by atoms with Crippen molar-refractivity contribution in [1.29, 1.82) is 0 Å². The van der Waals surface area contributed by atoms with Gasteiger partial charge in [-0.3, -0.25) is 0 Å². The van der Waals surface area contributed by atoms with Gasteiger partial charge in [-0.15, -0.1) is 0 Å². The molecule has 0 aliphatic rings. The highest BCUT2D eigenvalue weighted by molar-refractivity contribution is 7.89. The van der Waals surface area contributed by atoms with E-state index < -0.39 is 10.0 Å². The zero-order valence-electron chi connectivity index (χ0n) is 9.53. The Bertz CT molecular complexity index is 526. The highest BCUT2D eigenvalue weighted by atomic mass is 35.5. The van der Waals surface area contributed by atoms with Crippen LogP contribution in [0.4, 0.5) is 5.69 Å². The molecule has 1 aromatic rings. The highest BCUT2D eigenvalue weighted by Gasteiger charge is 2.14. The number of nitrogen functional groups attached to an aromatic ring is 1. The lowest BCUT2D eigenvalue weighted by molar-refractivity contribution is 0.585. The molecule has 0 amide bonds. The molecular weight excluding hydrogens is 260 g/mol. The van der Waals surface area contributed by atoms with Gasteiger partial charge in [-0.1, -0.05) is 31.2 Å². The first-order valence-electron chi connectivity index (χ1n) is 5.08. The van der Waals surface area contributed by atoms with Crippen molar-refractivity contribution in [3.8, 4) is 0 Å². The van der Waals surface area contributed by atoms with Crippen LogP contribution in [0.2, 0.25) is 0 Å². The molecule has 1 aromatic carbocycles. The molecule has 6 heteroatoms. The van der Waals surface area contributed by atoms with Gasteiger partial charge < -0.3 is 5.73 Å². The Morgan fingerprint density at radius 1 is 1.53 bits per heavy atom. The monoisotopic (exact) mass is 274 g/mol. The maximum atomic E-state index is 11.8. The van der Waals surface area contributed by atoms with E-state index in [0.29, 0.717) is 5.69 Å². The van der Waals surface area contributed by atoms with Gasteiger partial charge in [0.05, 0.1) is 4.90 Å². The third kappa shape index (κ3) is 3.73. The maximum Gasteiger partial charge on any atom is 0.240 e. The van der Waals surface area contributed by atoms with E-state index in [1.165, 1.54) is 12.1 Å². The summed E-state index contributed by atoms with van der Waals surface area (Å²) in [5.74, 6) is 0. The zero-order valence-corrected chi connectivity index (χ0v) is 11.1. The molecular formula is C11H15ClN2O2S. The molecule has 0 fully saturated rings. The lowest BCUT2D eigenvalue weighted by Crippen LogP contribution is -2.25. The molecule has 0 unspecified atom stereocenters. The average Bonchev–Trinajstić information content (AvgIpc) is 2.26. The molecule has 0 atom stereocenters. The fourth-order valence-electron chi connectivity index (χ4n) is 1.32.